The monoisotopic (exact) mass is 469 g/mol. The van der Waals surface area contributed by atoms with Gasteiger partial charge in [-0.15, -0.1) is 10.2 Å². The van der Waals surface area contributed by atoms with Gasteiger partial charge in [-0.3, -0.25) is 4.79 Å². The maximum Gasteiger partial charge on any atom is 0.228 e. The van der Waals surface area contributed by atoms with Crippen LogP contribution in [0.3, 0.4) is 0 Å². The standard InChI is InChI=1S/C28H31N5O2/c1-4-8-21-17-22(23-9-6-7-10-24(23)28-30-32-33-31-28)18-25(27(21)35-15-5-2)29-26(34)16-20-13-11-19(3)12-14-20/h6-7,9-14,17-18H,4-5,8,15-16H2,1-3H3,(H,29,34)(H,30,31,32,33). The molecule has 2 N–H and O–H groups in total. The van der Waals surface area contributed by atoms with Gasteiger partial charge < -0.3 is 10.1 Å². The number of hydrogen-bond donors (Lipinski definition) is 2. The number of H-pyrrole nitrogens is 1. The van der Waals surface area contributed by atoms with Gasteiger partial charge in [-0.2, -0.15) is 5.21 Å². The fraction of sp³-hybridized carbons (Fsp3) is 0.286. The first-order chi connectivity index (χ1) is 17.1. The van der Waals surface area contributed by atoms with Gasteiger partial charge in [-0.25, -0.2) is 0 Å². The summed E-state index contributed by atoms with van der Waals surface area (Å²) in [6.07, 6.45) is 2.96. The Morgan fingerprint density at radius 2 is 1.77 bits per heavy atom. The van der Waals surface area contributed by atoms with Gasteiger partial charge in [0.25, 0.3) is 0 Å². The molecule has 0 saturated carbocycles. The molecule has 180 valence electrons. The van der Waals surface area contributed by atoms with E-state index >= 15 is 0 Å². The van der Waals surface area contributed by atoms with Crippen LogP contribution in [0, 0.1) is 6.92 Å². The van der Waals surface area contributed by atoms with E-state index in [2.05, 4.69) is 45.9 Å². The summed E-state index contributed by atoms with van der Waals surface area (Å²) in [4.78, 5) is 13.1. The average Bonchev–Trinajstić information content (AvgIpc) is 3.40. The third-order valence-corrected chi connectivity index (χ3v) is 5.72. The third-order valence-electron chi connectivity index (χ3n) is 5.72. The first kappa shape index (κ1) is 24.1. The highest BCUT2D eigenvalue weighted by Gasteiger charge is 2.18. The van der Waals surface area contributed by atoms with Gasteiger partial charge in [0, 0.05) is 5.56 Å². The molecule has 0 fully saturated rings. The fourth-order valence-corrected chi connectivity index (χ4v) is 4.06. The first-order valence-electron chi connectivity index (χ1n) is 12.1. The second kappa shape index (κ2) is 11.4. The van der Waals surface area contributed by atoms with Crippen molar-refractivity contribution >= 4 is 11.6 Å². The van der Waals surface area contributed by atoms with E-state index in [1.807, 2.05) is 61.5 Å². The lowest BCUT2D eigenvalue weighted by Gasteiger charge is -2.19. The maximum absolute atomic E-state index is 13.1. The molecule has 7 heteroatoms. The number of aromatic nitrogens is 4. The van der Waals surface area contributed by atoms with Crippen molar-refractivity contribution in [1.82, 2.24) is 20.6 Å². The summed E-state index contributed by atoms with van der Waals surface area (Å²) in [6.45, 7) is 6.83. The quantitative estimate of drug-likeness (QED) is 0.308. The van der Waals surface area contributed by atoms with Crippen molar-refractivity contribution in [3.63, 3.8) is 0 Å². The Kier molecular flexibility index (Phi) is 7.88. The van der Waals surface area contributed by atoms with Crippen LogP contribution in [0.5, 0.6) is 5.75 Å². The molecule has 4 rings (SSSR count). The predicted octanol–water partition coefficient (Wildman–Crippen LogP) is 5.76. The molecule has 1 amide bonds. The summed E-state index contributed by atoms with van der Waals surface area (Å²) in [5.41, 5.74) is 6.66. The minimum absolute atomic E-state index is 0.0822. The van der Waals surface area contributed by atoms with Crippen molar-refractivity contribution in [1.29, 1.82) is 0 Å². The van der Waals surface area contributed by atoms with Crippen LogP contribution in [0.15, 0.2) is 60.7 Å². The zero-order valence-corrected chi connectivity index (χ0v) is 20.5. The second-order valence-electron chi connectivity index (χ2n) is 8.60. The third kappa shape index (κ3) is 5.93. The molecule has 0 atom stereocenters. The molecular weight excluding hydrogens is 438 g/mol. The molecule has 0 bridgehead atoms. The average molecular weight is 470 g/mol. The molecule has 0 saturated heterocycles. The number of aryl methyl sites for hydroxylation is 2. The number of benzene rings is 3. The maximum atomic E-state index is 13.1. The largest absolute Gasteiger partial charge is 0.491 e. The lowest BCUT2D eigenvalue weighted by molar-refractivity contribution is -0.115. The van der Waals surface area contributed by atoms with Crippen molar-refractivity contribution in [3.05, 3.63) is 77.4 Å². The number of nitrogens with one attached hydrogen (secondary N) is 2. The van der Waals surface area contributed by atoms with Gasteiger partial charge in [-0.05, 0) is 59.4 Å². The summed E-state index contributed by atoms with van der Waals surface area (Å²) in [7, 11) is 0. The highest BCUT2D eigenvalue weighted by molar-refractivity contribution is 5.95. The van der Waals surface area contributed by atoms with E-state index in [1.54, 1.807) is 0 Å². The second-order valence-corrected chi connectivity index (χ2v) is 8.60. The molecule has 35 heavy (non-hydrogen) atoms. The normalized spacial score (nSPS) is 10.8. The predicted molar refractivity (Wildman–Crippen MR) is 138 cm³/mol. The molecule has 0 spiro atoms. The van der Waals surface area contributed by atoms with Crippen LogP contribution < -0.4 is 10.1 Å². The van der Waals surface area contributed by atoms with E-state index in [4.69, 9.17) is 4.74 Å². The number of amides is 1. The highest BCUT2D eigenvalue weighted by atomic mass is 16.5. The molecule has 7 nitrogen and oxygen atoms in total. The Balaban J connectivity index is 1.75. The fourth-order valence-electron chi connectivity index (χ4n) is 4.06. The summed E-state index contributed by atoms with van der Waals surface area (Å²) >= 11 is 0. The molecule has 0 aliphatic carbocycles. The molecule has 1 heterocycles. The number of tetrazole rings is 1. The molecular formula is C28H31N5O2. The Morgan fingerprint density at radius 1 is 1.00 bits per heavy atom. The van der Waals surface area contributed by atoms with Crippen molar-refractivity contribution in [2.24, 2.45) is 0 Å². The summed E-state index contributed by atoms with van der Waals surface area (Å²) in [5.74, 6) is 1.18. The molecule has 4 aromatic rings. The molecule has 0 unspecified atom stereocenters. The number of rotatable bonds is 10. The Labute approximate surface area is 205 Å². The van der Waals surface area contributed by atoms with Crippen LogP contribution in [0.25, 0.3) is 22.5 Å². The molecule has 0 aliphatic heterocycles. The van der Waals surface area contributed by atoms with Crippen molar-refractivity contribution in [3.8, 4) is 28.3 Å². The van der Waals surface area contributed by atoms with Gasteiger partial charge in [0.05, 0.1) is 18.7 Å². The number of aromatic amines is 1. The van der Waals surface area contributed by atoms with Crippen molar-refractivity contribution in [2.75, 3.05) is 11.9 Å². The summed E-state index contributed by atoms with van der Waals surface area (Å²) < 4.78 is 6.18. The number of ether oxygens (including phenoxy) is 1. The first-order valence-corrected chi connectivity index (χ1v) is 12.1. The van der Waals surface area contributed by atoms with Crippen LogP contribution in [0.2, 0.25) is 0 Å². The Hall–Kier alpha value is -4.00. The van der Waals surface area contributed by atoms with Crippen LogP contribution in [-0.4, -0.2) is 33.1 Å². The lowest BCUT2D eigenvalue weighted by Crippen LogP contribution is -2.16. The summed E-state index contributed by atoms with van der Waals surface area (Å²) in [6, 6.07) is 20.1. The topological polar surface area (TPSA) is 92.8 Å². The van der Waals surface area contributed by atoms with Gasteiger partial charge in [-0.1, -0.05) is 74.4 Å². The Bertz CT molecular complexity index is 1270. The zero-order chi connectivity index (χ0) is 24.6. The highest BCUT2D eigenvalue weighted by Crippen LogP contribution is 2.38. The number of nitrogens with zero attached hydrogens (tertiary/aromatic N) is 3. The minimum Gasteiger partial charge on any atom is -0.491 e. The van der Waals surface area contributed by atoms with Gasteiger partial charge in [0.2, 0.25) is 11.7 Å². The van der Waals surface area contributed by atoms with E-state index in [0.717, 1.165) is 52.8 Å². The van der Waals surface area contributed by atoms with E-state index in [1.165, 1.54) is 5.56 Å². The van der Waals surface area contributed by atoms with Crippen molar-refractivity contribution in [2.45, 2.75) is 46.5 Å². The smallest absolute Gasteiger partial charge is 0.228 e. The number of carbonyl (C=O) groups is 1. The van der Waals surface area contributed by atoms with Crippen molar-refractivity contribution < 1.29 is 9.53 Å². The number of carbonyl (C=O) groups excluding carboxylic acids is 1. The molecule has 0 radical (unpaired) electrons. The molecule has 1 aromatic heterocycles. The van der Waals surface area contributed by atoms with Crippen LogP contribution in [0.4, 0.5) is 5.69 Å². The van der Waals surface area contributed by atoms with E-state index in [0.29, 0.717) is 24.5 Å². The molecule has 3 aromatic carbocycles. The van der Waals surface area contributed by atoms with Crippen LogP contribution in [-0.2, 0) is 17.6 Å². The lowest BCUT2D eigenvalue weighted by atomic mass is 9.95. The number of anilines is 1. The van der Waals surface area contributed by atoms with E-state index in [-0.39, 0.29) is 5.91 Å². The van der Waals surface area contributed by atoms with E-state index < -0.39 is 0 Å². The van der Waals surface area contributed by atoms with Crippen LogP contribution in [0.1, 0.15) is 43.4 Å². The Morgan fingerprint density at radius 3 is 2.46 bits per heavy atom. The van der Waals surface area contributed by atoms with Gasteiger partial charge in [0.1, 0.15) is 5.75 Å². The summed E-state index contributed by atoms with van der Waals surface area (Å²) in [5, 5.41) is 17.7. The van der Waals surface area contributed by atoms with Gasteiger partial charge >= 0.3 is 0 Å². The van der Waals surface area contributed by atoms with E-state index in [9.17, 15) is 4.79 Å². The van der Waals surface area contributed by atoms with Gasteiger partial charge in [0.15, 0.2) is 0 Å². The SMILES string of the molecule is CCCOc1c(CCC)cc(-c2ccccc2-c2nn[nH]n2)cc1NC(=O)Cc1ccc(C)cc1. The zero-order valence-electron chi connectivity index (χ0n) is 20.5. The van der Waals surface area contributed by atoms with Crippen LogP contribution >= 0.6 is 0 Å². The number of hydrogen-bond acceptors (Lipinski definition) is 5. The minimum atomic E-state index is -0.0822. The molecule has 0 aliphatic rings.